The molecule has 1 aromatic rings. The number of esters is 1. The molecule has 2 aliphatic rings. The van der Waals surface area contributed by atoms with E-state index in [-0.39, 0.29) is 6.54 Å². The van der Waals surface area contributed by atoms with Gasteiger partial charge in [0.2, 0.25) is 0 Å². The lowest BCUT2D eigenvalue weighted by Crippen LogP contribution is -2.44. The molecule has 4 amide bonds. The highest BCUT2D eigenvalue weighted by atomic mass is 16.5. The number of hydrogen-bond donors (Lipinski definition) is 2. The van der Waals surface area contributed by atoms with Gasteiger partial charge in [-0.05, 0) is 30.5 Å². The quantitative estimate of drug-likeness (QED) is 0.470. The first-order valence-electron chi connectivity index (χ1n) is 9.66. The molecule has 0 bridgehead atoms. The number of ether oxygens (including phenoxy) is 3. The fraction of sp³-hybridized carbons (Fsp3) is 0.500. The summed E-state index contributed by atoms with van der Waals surface area (Å²) < 4.78 is 15.3. The summed E-state index contributed by atoms with van der Waals surface area (Å²) >= 11 is 0. The summed E-state index contributed by atoms with van der Waals surface area (Å²) in [5.41, 5.74) is -0.109. The van der Waals surface area contributed by atoms with Crippen LogP contribution in [-0.4, -0.2) is 61.6 Å². The minimum Gasteiger partial charge on any atom is -0.493 e. The van der Waals surface area contributed by atoms with Gasteiger partial charge < -0.3 is 24.8 Å². The van der Waals surface area contributed by atoms with Gasteiger partial charge in [0, 0.05) is 6.54 Å². The third kappa shape index (κ3) is 4.47. The lowest BCUT2D eigenvalue weighted by Gasteiger charge is -2.19. The number of rotatable bonds is 8. The number of nitrogens with one attached hydrogen (secondary N) is 2. The van der Waals surface area contributed by atoms with Crippen molar-refractivity contribution in [3.05, 3.63) is 23.8 Å². The van der Waals surface area contributed by atoms with E-state index in [0.717, 1.165) is 23.3 Å². The Hall–Kier alpha value is -3.30. The van der Waals surface area contributed by atoms with Crippen LogP contribution in [-0.2, 0) is 25.7 Å². The molecule has 30 heavy (non-hydrogen) atoms. The van der Waals surface area contributed by atoms with E-state index in [1.165, 1.54) is 14.2 Å². The van der Waals surface area contributed by atoms with Crippen LogP contribution >= 0.6 is 0 Å². The van der Waals surface area contributed by atoms with Gasteiger partial charge in [-0.2, -0.15) is 0 Å². The molecule has 1 aliphatic carbocycles. The second-order valence-corrected chi connectivity index (χ2v) is 7.24. The SMILES string of the molecule is COc1ccc(CNC(=O)COC(=O)CN2C(=O)NC3(CCCC3)C2=O)cc1OC. The topological polar surface area (TPSA) is 123 Å². The fourth-order valence-corrected chi connectivity index (χ4v) is 3.70. The van der Waals surface area contributed by atoms with Crippen LogP contribution in [0, 0.1) is 0 Å². The minimum atomic E-state index is -0.881. The molecule has 0 unspecified atom stereocenters. The number of benzene rings is 1. The number of imide groups is 1. The van der Waals surface area contributed by atoms with Crippen LogP contribution < -0.4 is 20.1 Å². The number of carbonyl (C=O) groups is 4. The molecule has 0 radical (unpaired) electrons. The highest BCUT2D eigenvalue weighted by molar-refractivity contribution is 6.08. The molecule has 0 aromatic heterocycles. The number of hydrogen-bond acceptors (Lipinski definition) is 7. The largest absolute Gasteiger partial charge is 0.493 e. The van der Waals surface area contributed by atoms with Crippen molar-refractivity contribution in [3.63, 3.8) is 0 Å². The van der Waals surface area contributed by atoms with Gasteiger partial charge in [-0.15, -0.1) is 0 Å². The predicted octanol–water partition coefficient (Wildman–Crippen LogP) is 0.728. The molecule has 1 aromatic carbocycles. The minimum absolute atomic E-state index is 0.201. The summed E-state index contributed by atoms with van der Waals surface area (Å²) in [6.07, 6.45) is 2.85. The van der Waals surface area contributed by atoms with Crippen molar-refractivity contribution in [1.29, 1.82) is 0 Å². The first-order valence-corrected chi connectivity index (χ1v) is 9.66. The molecule has 0 atom stereocenters. The Morgan fingerprint density at radius 3 is 2.50 bits per heavy atom. The second-order valence-electron chi connectivity index (χ2n) is 7.24. The monoisotopic (exact) mass is 419 g/mol. The van der Waals surface area contributed by atoms with Crippen LogP contribution in [0.4, 0.5) is 4.79 Å². The van der Waals surface area contributed by atoms with Crippen LogP contribution in [0.25, 0.3) is 0 Å². The van der Waals surface area contributed by atoms with Crippen LogP contribution in [0.1, 0.15) is 31.2 Å². The zero-order valence-electron chi connectivity index (χ0n) is 17.0. The number of amides is 4. The normalized spacial score (nSPS) is 17.1. The van der Waals surface area contributed by atoms with Crippen molar-refractivity contribution in [3.8, 4) is 11.5 Å². The number of nitrogens with zero attached hydrogens (tertiary/aromatic N) is 1. The first kappa shape index (κ1) is 21.4. The predicted molar refractivity (Wildman–Crippen MR) is 104 cm³/mol. The Morgan fingerprint density at radius 2 is 1.83 bits per heavy atom. The van der Waals surface area contributed by atoms with E-state index in [9.17, 15) is 19.2 Å². The molecular formula is C20H25N3O7. The average Bonchev–Trinajstić information content (AvgIpc) is 3.31. The van der Waals surface area contributed by atoms with Crippen molar-refractivity contribution in [1.82, 2.24) is 15.5 Å². The van der Waals surface area contributed by atoms with Gasteiger partial charge in [-0.3, -0.25) is 19.3 Å². The molecule has 10 heteroatoms. The third-order valence-corrected chi connectivity index (χ3v) is 5.29. The molecule has 1 saturated heterocycles. The maximum Gasteiger partial charge on any atom is 0.326 e. The van der Waals surface area contributed by atoms with Gasteiger partial charge in [0.05, 0.1) is 14.2 Å². The molecule has 2 N–H and O–H groups in total. The summed E-state index contributed by atoms with van der Waals surface area (Å²) in [4.78, 5) is 49.4. The number of urea groups is 1. The Balaban J connectivity index is 1.44. The average molecular weight is 419 g/mol. The van der Waals surface area contributed by atoms with E-state index < -0.39 is 42.5 Å². The lowest BCUT2D eigenvalue weighted by atomic mass is 9.98. The molecule has 1 heterocycles. The van der Waals surface area contributed by atoms with E-state index in [1.807, 2.05) is 0 Å². The van der Waals surface area contributed by atoms with Gasteiger partial charge in [0.15, 0.2) is 18.1 Å². The third-order valence-electron chi connectivity index (χ3n) is 5.29. The van der Waals surface area contributed by atoms with E-state index in [4.69, 9.17) is 14.2 Å². The molecule has 2 fully saturated rings. The van der Waals surface area contributed by atoms with Gasteiger partial charge in [0.1, 0.15) is 12.1 Å². The summed E-state index contributed by atoms with van der Waals surface area (Å²) in [6, 6.07) is 4.61. The Labute approximate surface area is 173 Å². The lowest BCUT2D eigenvalue weighted by molar-refractivity contribution is -0.151. The fourth-order valence-electron chi connectivity index (χ4n) is 3.70. The second kappa shape index (κ2) is 9.02. The van der Waals surface area contributed by atoms with E-state index in [2.05, 4.69) is 10.6 Å². The van der Waals surface area contributed by atoms with Crippen molar-refractivity contribution < 1.29 is 33.4 Å². The van der Waals surface area contributed by atoms with Crippen molar-refractivity contribution in [2.75, 3.05) is 27.4 Å². The summed E-state index contributed by atoms with van der Waals surface area (Å²) in [5, 5.41) is 5.31. The first-order chi connectivity index (χ1) is 14.4. The van der Waals surface area contributed by atoms with Gasteiger partial charge in [0.25, 0.3) is 11.8 Å². The van der Waals surface area contributed by atoms with Crippen molar-refractivity contribution >= 4 is 23.8 Å². The zero-order chi connectivity index (χ0) is 21.7. The van der Waals surface area contributed by atoms with Crippen LogP contribution in [0.15, 0.2) is 18.2 Å². The standard InChI is InChI=1S/C20H25N3O7/c1-28-14-6-5-13(9-15(14)29-2)10-21-16(24)12-30-17(25)11-23-18(26)20(22-19(23)27)7-3-4-8-20/h5-6,9H,3-4,7-8,10-12H2,1-2H3,(H,21,24)(H,22,27). The molecule has 1 saturated carbocycles. The summed E-state index contributed by atoms with van der Waals surface area (Å²) in [7, 11) is 3.04. The van der Waals surface area contributed by atoms with Gasteiger partial charge in [-0.1, -0.05) is 18.9 Å². The van der Waals surface area contributed by atoms with Crippen LogP contribution in [0.3, 0.4) is 0 Å². The van der Waals surface area contributed by atoms with Crippen LogP contribution in [0.2, 0.25) is 0 Å². The highest BCUT2D eigenvalue weighted by Crippen LogP contribution is 2.34. The van der Waals surface area contributed by atoms with E-state index in [1.54, 1.807) is 18.2 Å². The van der Waals surface area contributed by atoms with Crippen molar-refractivity contribution in [2.45, 2.75) is 37.8 Å². The maximum absolute atomic E-state index is 12.5. The Morgan fingerprint density at radius 1 is 1.13 bits per heavy atom. The molecular weight excluding hydrogens is 394 g/mol. The maximum atomic E-state index is 12.5. The Bertz CT molecular complexity index is 849. The van der Waals surface area contributed by atoms with E-state index in [0.29, 0.717) is 24.3 Å². The van der Waals surface area contributed by atoms with E-state index >= 15 is 0 Å². The van der Waals surface area contributed by atoms with Crippen LogP contribution in [0.5, 0.6) is 11.5 Å². The smallest absolute Gasteiger partial charge is 0.326 e. The zero-order valence-corrected chi connectivity index (χ0v) is 17.0. The molecule has 162 valence electrons. The molecule has 1 spiro atoms. The summed E-state index contributed by atoms with van der Waals surface area (Å²) in [6.45, 7) is -0.831. The Kier molecular flexibility index (Phi) is 6.43. The molecule has 3 rings (SSSR count). The summed E-state index contributed by atoms with van der Waals surface area (Å²) in [5.74, 6) is -0.636. The molecule has 10 nitrogen and oxygen atoms in total. The van der Waals surface area contributed by atoms with Crippen molar-refractivity contribution in [2.24, 2.45) is 0 Å². The van der Waals surface area contributed by atoms with Gasteiger partial charge >= 0.3 is 12.0 Å². The number of methoxy groups -OCH3 is 2. The number of carbonyl (C=O) groups excluding carboxylic acids is 4. The van der Waals surface area contributed by atoms with Gasteiger partial charge in [-0.25, -0.2) is 4.79 Å². The molecule has 1 aliphatic heterocycles. The highest BCUT2D eigenvalue weighted by Gasteiger charge is 2.52.